The van der Waals surface area contributed by atoms with Gasteiger partial charge in [0.05, 0.1) is 29.9 Å². The van der Waals surface area contributed by atoms with Crippen molar-refractivity contribution in [2.45, 2.75) is 52.6 Å². The molecule has 0 bridgehead atoms. The number of nitrogens with zero attached hydrogens (tertiary/aromatic N) is 4. The van der Waals surface area contributed by atoms with Crippen molar-refractivity contribution in [3.8, 4) is 23.1 Å². The molecule has 3 aromatic rings. The molecule has 0 fully saturated rings. The van der Waals surface area contributed by atoms with Crippen LogP contribution in [-0.4, -0.2) is 27.2 Å². The molecule has 6 heteroatoms. The molecule has 1 atom stereocenters. The number of rotatable bonds is 5. The van der Waals surface area contributed by atoms with Crippen molar-refractivity contribution in [3.63, 3.8) is 0 Å². The predicted molar refractivity (Wildman–Crippen MR) is 124 cm³/mol. The maximum absolute atomic E-state index is 11.9. The highest BCUT2D eigenvalue weighted by Gasteiger charge is 2.47. The van der Waals surface area contributed by atoms with E-state index in [1.54, 1.807) is 12.4 Å². The lowest BCUT2D eigenvalue weighted by Gasteiger charge is -2.40. The van der Waals surface area contributed by atoms with Crippen LogP contribution in [0.1, 0.15) is 57.0 Å². The molecule has 0 spiro atoms. The fourth-order valence-electron chi connectivity index (χ4n) is 3.86. The maximum atomic E-state index is 11.9. The Morgan fingerprint density at radius 3 is 2.25 bits per heavy atom. The topological polar surface area (TPSA) is 91.9 Å². The number of nitriles is 1. The molecule has 0 amide bonds. The van der Waals surface area contributed by atoms with Crippen LogP contribution in [0.2, 0.25) is 0 Å². The van der Waals surface area contributed by atoms with E-state index in [4.69, 9.17) is 4.74 Å². The molecular formula is C26H30N4O2. The SMILES string of the molecule is COc1ncncc1C(O)(c1ccc(-c2ccc(C(C)(C)C#N)cc2C)cn1)C(C)(C)C. The lowest BCUT2D eigenvalue weighted by molar-refractivity contribution is -0.0319. The van der Waals surface area contributed by atoms with E-state index in [-0.39, 0.29) is 0 Å². The second-order valence-corrected chi connectivity index (χ2v) is 9.60. The van der Waals surface area contributed by atoms with Crippen LogP contribution in [0.15, 0.2) is 49.1 Å². The summed E-state index contributed by atoms with van der Waals surface area (Å²) in [6, 6.07) is 12.2. The van der Waals surface area contributed by atoms with Gasteiger partial charge in [0.2, 0.25) is 5.88 Å². The third-order valence-electron chi connectivity index (χ3n) is 6.02. The van der Waals surface area contributed by atoms with Crippen molar-refractivity contribution in [1.82, 2.24) is 15.0 Å². The molecule has 3 rings (SSSR count). The number of pyridine rings is 1. The van der Waals surface area contributed by atoms with Crippen molar-refractivity contribution >= 4 is 0 Å². The monoisotopic (exact) mass is 430 g/mol. The molecule has 6 nitrogen and oxygen atoms in total. The lowest BCUT2D eigenvalue weighted by atomic mass is 9.70. The second kappa shape index (κ2) is 8.33. The zero-order chi connectivity index (χ0) is 23.7. The molecule has 0 aliphatic heterocycles. The summed E-state index contributed by atoms with van der Waals surface area (Å²) in [6.07, 6.45) is 4.73. The number of aromatic nitrogens is 3. The van der Waals surface area contributed by atoms with Gasteiger partial charge < -0.3 is 9.84 Å². The smallest absolute Gasteiger partial charge is 0.222 e. The first kappa shape index (κ1) is 23.4. The summed E-state index contributed by atoms with van der Waals surface area (Å²) in [7, 11) is 1.52. The number of aliphatic hydroxyl groups is 1. The van der Waals surface area contributed by atoms with E-state index in [2.05, 4.69) is 21.0 Å². The summed E-state index contributed by atoms with van der Waals surface area (Å²) >= 11 is 0. The quantitative estimate of drug-likeness (QED) is 0.616. The first-order chi connectivity index (χ1) is 15.0. The summed E-state index contributed by atoms with van der Waals surface area (Å²) in [4.78, 5) is 12.9. The third kappa shape index (κ3) is 3.96. The van der Waals surface area contributed by atoms with Crippen molar-refractivity contribution in [2.24, 2.45) is 5.41 Å². The molecule has 0 aliphatic rings. The lowest BCUT2D eigenvalue weighted by Crippen LogP contribution is -2.42. The van der Waals surface area contributed by atoms with Crippen LogP contribution in [0.25, 0.3) is 11.1 Å². The summed E-state index contributed by atoms with van der Waals surface area (Å²) < 4.78 is 5.40. The first-order valence-corrected chi connectivity index (χ1v) is 10.5. The van der Waals surface area contributed by atoms with Gasteiger partial charge in [0, 0.05) is 23.4 Å². The Balaban J connectivity index is 2.08. The van der Waals surface area contributed by atoms with Gasteiger partial charge in [-0.25, -0.2) is 9.97 Å². The highest BCUT2D eigenvalue weighted by atomic mass is 16.5. The Hall–Kier alpha value is -3.30. The predicted octanol–water partition coefficient (Wildman–Crippen LogP) is 4.94. The summed E-state index contributed by atoms with van der Waals surface area (Å²) in [6.45, 7) is 11.7. The molecule has 2 aromatic heterocycles. The van der Waals surface area contributed by atoms with Crippen LogP contribution in [0.5, 0.6) is 5.88 Å². The molecule has 0 saturated heterocycles. The number of benzene rings is 1. The van der Waals surface area contributed by atoms with E-state index in [1.165, 1.54) is 13.4 Å². The molecule has 166 valence electrons. The van der Waals surface area contributed by atoms with Crippen molar-refractivity contribution in [2.75, 3.05) is 7.11 Å². The van der Waals surface area contributed by atoms with E-state index in [9.17, 15) is 10.4 Å². The van der Waals surface area contributed by atoms with Gasteiger partial charge in [0.1, 0.15) is 11.9 Å². The Kier molecular flexibility index (Phi) is 6.08. The number of methoxy groups -OCH3 is 1. The second-order valence-electron chi connectivity index (χ2n) is 9.60. The highest BCUT2D eigenvalue weighted by molar-refractivity contribution is 5.67. The minimum absolute atomic E-state index is 0.315. The van der Waals surface area contributed by atoms with Crippen LogP contribution in [0.3, 0.4) is 0 Å². The molecule has 1 unspecified atom stereocenters. The van der Waals surface area contributed by atoms with E-state index in [1.807, 2.05) is 71.9 Å². The Labute approximate surface area is 190 Å². The Morgan fingerprint density at radius 1 is 1.00 bits per heavy atom. The Bertz CT molecular complexity index is 1160. The normalized spacial score (nSPS) is 13.8. The molecular weight excluding hydrogens is 400 g/mol. The van der Waals surface area contributed by atoms with E-state index < -0.39 is 16.4 Å². The summed E-state index contributed by atoms with van der Waals surface area (Å²) in [5.74, 6) is 0.315. The number of ether oxygens (including phenoxy) is 1. The van der Waals surface area contributed by atoms with Gasteiger partial charge in [-0.05, 0) is 43.5 Å². The maximum Gasteiger partial charge on any atom is 0.222 e. The van der Waals surface area contributed by atoms with Crippen molar-refractivity contribution in [3.05, 3.63) is 71.4 Å². The van der Waals surface area contributed by atoms with Crippen LogP contribution in [0.4, 0.5) is 0 Å². The van der Waals surface area contributed by atoms with Gasteiger partial charge >= 0.3 is 0 Å². The van der Waals surface area contributed by atoms with Crippen molar-refractivity contribution < 1.29 is 9.84 Å². The standard InChI is InChI=1S/C26H30N4O2/c1-17-12-19(25(5,6)15-27)9-10-20(17)18-8-11-22(29-13-18)26(31,24(2,3)4)21-14-28-16-30-23(21)32-7/h8-14,16,31H,1-7H3. The number of hydrogen-bond acceptors (Lipinski definition) is 6. The fraction of sp³-hybridized carbons (Fsp3) is 0.385. The van der Waals surface area contributed by atoms with E-state index in [0.717, 1.165) is 22.3 Å². The first-order valence-electron chi connectivity index (χ1n) is 10.5. The van der Waals surface area contributed by atoms with E-state index >= 15 is 0 Å². The largest absolute Gasteiger partial charge is 0.481 e. The van der Waals surface area contributed by atoms with Crippen LogP contribution < -0.4 is 4.74 Å². The average molecular weight is 431 g/mol. The molecule has 1 aromatic carbocycles. The average Bonchev–Trinajstić information content (AvgIpc) is 2.77. The van der Waals surface area contributed by atoms with Gasteiger partial charge in [0.25, 0.3) is 0 Å². The van der Waals surface area contributed by atoms with E-state index in [0.29, 0.717) is 17.1 Å². The molecule has 0 aliphatic carbocycles. The zero-order valence-electron chi connectivity index (χ0n) is 19.8. The van der Waals surface area contributed by atoms with Crippen LogP contribution >= 0.6 is 0 Å². The van der Waals surface area contributed by atoms with Crippen molar-refractivity contribution in [1.29, 1.82) is 5.26 Å². The van der Waals surface area contributed by atoms with Crippen LogP contribution in [0, 0.1) is 23.7 Å². The molecule has 1 N–H and O–H groups in total. The molecule has 0 radical (unpaired) electrons. The summed E-state index contributed by atoms with van der Waals surface area (Å²) in [5, 5.41) is 21.3. The van der Waals surface area contributed by atoms with Gasteiger partial charge in [-0.1, -0.05) is 45.0 Å². The number of hydrogen-bond donors (Lipinski definition) is 1. The Morgan fingerprint density at radius 2 is 1.72 bits per heavy atom. The third-order valence-corrected chi connectivity index (χ3v) is 6.02. The fourth-order valence-corrected chi connectivity index (χ4v) is 3.86. The zero-order valence-corrected chi connectivity index (χ0v) is 19.8. The molecule has 32 heavy (non-hydrogen) atoms. The van der Waals surface area contributed by atoms with Crippen LogP contribution in [-0.2, 0) is 11.0 Å². The number of aryl methyl sites for hydroxylation is 1. The van der Waals surface area contributed by atoms with Gasteiger partial charge in [0.15, 0.2) is 0 Å². The molecule has 0 saturated carbocycles. The van der Waals surface area contributed by atoms with Gasteiger partial charge in [-0.15, -0.1) is 0 Å². The molecule has 2 heterocycles. The highest BCUT2D eigenvalue weighted by Crippen LogP contribution is 2.46. The minimum atomic E-state index is -1.46. The van der Waals surface area contributed by atoms with Gasteiger partial charge in [-0.2, -0.15) is 5.26 Å². The minimum Gasteiger partial charge on any atom is -0.481 e. The summed E-state index contributed by atoms with van der Waals surface area (Å²) in [5.41, 5.74) is 2.32. The van der Waals surface area contributed by atoms with Gasteiger partial charge in [-0.3, -0.25) is 4.98 Å².